The van der Waals surface area contributed by atoms with Crippen LogP contribution in [-0.2, 0) is 4.74 Å². The van der Waals surface area contributed by atoms with Crippen LogP contribution in [0.5, 0.6) is 0 Å². The van der Waals surface area contributed by atoms with E-state index in [9.17, 15) is 4.79 Å². The lowest BCUT2D eigenvalue weighted by Gasteiger charge is -2.28. The summed E-state index contributed by atoms with van der Waals surface area (Å²) in [7, 11) is 2.09. The molecule has 0 aliphatic carbocycles. The highest BCUT2D eigenvalue weighted by Gasteiger charge is 2.21. The topological polar surface area (TPSA) is 29.5 Å². The predicted octanol–water partition coefficient (Wildman–Crippen LogP) is 2.70. The van der Waals surface area contributed by atoms with E-state index in [-0.39, 0.29) is 12.1 Å². The Morgan fingerprint density at radius 1 is 1.35 bits per heavy atom. The third kappa shape index (κ3) is 3.30. The Hall–Kier alpha value is -0.870. The molecule has 0 atom stereocenters. The molecule has 0 radical (unpaired) electrons. The van der Waals surface area contributed by atoms with Gasteiger partial charge in [-0.1, -0.05) is 12.1 Å². The molecule has 1 aliphatic rings. The van der Waals surface area contributed by atoms with Crippen molar-refractivity contribution in [2.24, 2.45) is 0 Å². The van der Waals surface area contributed by atoms with Crippen LogP contribution in [0.25, 0.3) is 0 Å². The lowest BCUT2D eigenvalue weighted by molar-refractivity contribution is 0.0138. The lowest BCUT2D eigenvalue weighted by atomic mass is 10.1. The number of rotatable bonds is 2. The fraction of sp³-hybridized carbons (Fsp3) is 0.462. The third-order valence-electron chi connectivity index (χ3n) is 3.03. The van der Waals surface area contributed by atoms with E-state index in [1.54, 1.807) is 6.07 Å². The van der Waals surface area contributed by atoms with Crippen molar-refractivity contribution >= 4 is 21.9 Å². The first-order chi connectivity index (χ1) is 8.16. The maximum Gasteiger partial charge on any atom is 0.339 e. The largest absolute Gasteiger partial charge is 0.459 e. The van der Waals surface area contributed by atoms with Gasteiger partial charge in [0.2, 0.25) is 0 Å². The van der Waals surface area contributed by atoms with Crippen LogP contribution in [0.15, 0.2) is 28.7 Å². The number of halogens is 1. The first-order valence-corrected chi connectivity index (χ1v) is 6.60. The highest BCUT2D eigenvalue weighted by molar-refractivity contribution is 9.10. The Kier molecular flexibility index (Phi) is 4.18. The summed E-state index contributed by atoms with van der Waals surface area (Å²) in [5.41, 5.74) is 0.603. The molecule has 0 N–H and O–H groups in total. The Morgan fingerprint density at radius 2 is 2.00 bits per heavy atom. The van der Waals surface area contributed by atoms with Gasteiger partial charge < -0.3 is 9.64 Å². The maximum absolute atomic E-state index is 11.9. The molecule has 0 amide bonds. The average Bonchev–Trinajstić information content (AvgIpc) is 2.32. The van der Waals surface area contributed by atoms with Crippen LogP contribution >= 0.6 is 15.9 Å². The summed E-state index contributed by atoms with van der Waals surface area (Å²) in [5.74, 6) is -0.230. The fourth-order valence-corrected chi connectivity index (χ4v) is 2.39. The minimum absolute atomic E-state index is 0.0609. The third-order valence-corrected chi connectivity index (χ3v) is 3.72. The van der Waals surface area contributed by atoms with Gasteiger partial charge in [0.25, 0.3) is 0 Å². The molecule has 3 nitrogen and oxygen atoms in total. The SMILES string of the molecule is CN1CCC(OC(=O)c2ccccc2Br)CC1. The number of esters is 1. The number of benzene rings is 1. The van der Waals surface area contributed by atoms with Crippen molar-refractivity contribution in [1.29, 1.82) is 0 Å². The quantitative estimate of drug-likeness (QED) is 0.786. The number of nitrogens with zero attached hydrogens (tertiary/aromatic N) is 1. The van der Waals surface area contributed by atoms with E-state index in [1.165, 1.54) is 0 Å². The lowest BCUT2D eigenvalue weighted by Crippen LogP contribution is -2.35. The second-order valence-electron chi connectivity index (χ2n) is 4.39. The van der Waals surface area contributed by atoms with Crippen LogP contribution in [-0.4, -0.2) is 37.1 Å². The van der Waals surface area contributed by atoms with E-state index in [0.29, 0.717) is 5.56 Å². The van der Waals surface area contributed by atoms with E-state index < -0.39 is 0 Å². The van der Waals surface area contributed by atoms with Crippen LogP contribution in [0.3, 0.4) is 0 Å². The van der Waals surface area contributed by atoms with Crippen LogP contribution in [0.1, 0.15) is 23.2 Å². The number of carbonyl (C=O) groups excluding carboxylic acids is 1. The number of likely N-dealkylation sites (tertiary alicyclic amines) is 1. The highest BCUT2D eigenvalue weighted by atomic mass is 79.9. The average molecular weight is 298 g/mol. The Labute approximate surface area is 110 Å². The van der Waals surface area contributed by atoms with Crippen molar-refractivity contribution < 1.29 is 9.53 Å². The monoisotopic (exact) mass is 297 g/mol. The first kappa shape index (κ1) is 12.6. The Morgan fingerprint density at radius 3 is 2.65 bits per heavy atom. The van der Waals surface area contributed by atoms with E-state index in [1.807, 2.05) is 18.2 Å². The van der Waals surface area contributed by atoms with E-state index in [2.05, 4.69) is 27.9 Å². The zero-order chi connectivity index (χ0) is 12.3. The number of carbonyl (C=O) groups is 1. The number of hydrogen-bond donors (Lipinski definition) is 0. The molecule has 1 saturated heterocycles. The molecule has 1 aromatic carbocycles. The maximum atomic E-state index is 11.9. The van der Waals surface area contributed by atoms with Gasteiger partial charge in [-0.05, 0) is 48.0 Å². The Balaban J connectivity index is 1.96. The summed E-state index contributed by atoms with van der Waals surface area (Å²) in [6.07, 6.45) is 1.91. The van der Waals surface area contributed by atoms with Gasteiger partial charge in [0.05, 0.1) is 5.56 Å². The van der Waals surface area contributed by atoms with E-state index in [4.69, 9.17) is 4.74 Å². The van der Waals surface area contributed by atoms with Crippen molar-refractivity contribution in [3.8, 4) is 0 Å². The van der Waals surface area contributed by atoms with Gasteiger partial charge >= 0.3 is 5.97 Å². The molecule has 0 unspecified atom stereocenters. The number of ether oxygens (including phenoxy) is 1. The number of piperidine rings is 1. The number of hydrogen-bond acceptors (Lipinski definition) is 3. The molecule has 0 saturated carbocycles. The second-order valence-corrected chi connectivity index (χ2v) is 5.24. The van der Waals surface area contributed by atoms with Gasteiger partial charge in [-0.2, -0.15) is 0 Å². The van der Waals surface area contributed by atoms with Crippen LogP contribution in [0.2, 0.25) is 0 Å². The van der Waals surface area contributed by atoms with E-state index >= 15 is 0 Å². The molecule has 0 bridgehead atoms. The second kappa shape index (κ2) is 5.65. The van der Waals surface area contributed by atoms with Crippen molar-refractivity contribution in [3.63, 3.8) is 0 Å². The zero-order valence-corrected chi connectivity index (χ0v) is 11.4. The predicted molar refractivity (Wildman–Crippen MR) is 70.1 cm³/mol. The van der Waals surface area contributed by atoms with Gasteiger partial charge in [0, 0.05) is 17.6 Å². The van der Waals surface area contributed by atoms with Crippen LogP contribution in [0, 0.1) is 0 Å². The smallest absolute Gasteiger partial charge is 0.339 e. The minimum atomic E-state index is -0.230. The van der Waals surface area contributed by atoms with Crippen LogP contribution < -0.4 is 0 Å². The molecule has 4 heteroatoms. The van der Waals surface area contributed by atoms with Crippen LogP contribution in [0.4, 0.5) is 0 Å². The van der Waals surface area contributed by atoms with Gasteiger partial charge in [0.1, 0.15) is 6.10 Å². The summed E-state index contributed by atoms with van der Waals surface area (Å²) in [6, 6.07) is 7.36. The van der Waals surface area contributed by atoms with Gasteiger partial charge in [-0.15, -0.1) is 0 Å². The van der Waals surface area contributed by atoms with Gasteiger partial charge in [-0.3, -0.25) is 0 Å². The molecular weight excluding hydrogens is 282 g/mol. The van der Waals surface area contributed by atoms with Crippen molar-refractivity contribution in [2.75, 3.05) is 20.1 Å². The Bertz CT molecular complexity index is 400. The molecule has 2 rings (SSSR count). The first-order valence-electron chi connectivity index (χ1n) is 5.81. The molecule has 17 heavy (non-hydrogen) atoms. The molecule has 92 valence electrons. The van der Waals surface area contributed by atoms with Gasteiger partial charge in [-0.25, -0.2) is 4.79 Å². The molecular formula is C13H16BrNO2. The summed E-state index contributed by atoms with van der Waals surface area (Å²) in [6.45, 7) is 1.99. The fourth-order valence-electron chi connectivity index (χ4n) is 1.94. The molecule has 0 aromatic heterocycles. The zero-order valence-electron chi connectivity index (χ0n) is 9.86. The minimum Gasteiger partial charge on any atom is -0.459 e. The highest BCUT2D eigenvalue weighted by Crippen LogP contribution is 2.19. The molecule has 1 fully saturated rings. The summed E-state index contributed by atoms with van der Waals surface area (Å²) in [5, 5.41) is 0. The molecule has 1 aliphatic heterocycles. The van der Waals surface area contributed by atoms with Gasteiger partial charge in [0.15, 0.2) is 0 Å². The standard InChI is InChI=1S/C13H16BrNO2/c1-15-8-6-10(7-9-15)17-13(16)11-4-2-3-5-12(11)14/h2-5,10H,6-9H2,1H3. The molecule has 0 spiro atoms. The molecule has 1 aromatic rings. The van der Waals surface area contributed by atoms with Crippen molar-refractivity contribution in [1.82, 2.24) is 4.90 Å². The van der Waals surface area contributed by atoms with Crippen molar-refractivity contribution in [3.05, 3.63) is 34.3 Å². The molecule has 1 heterocycles. The summed E-state index contributed by atoms with van der Waals surface area (Å²) >= 11 is 3.36. The van der Waals surface area contributed by atoms with Crippen molar-refractivity contribution in [2.45, 2.75) is 18.9 Å². The van der Waals surface area contributed by atoms with E-state index in [0.717, 1.165) is 30.4 Å². The summed E-state index contributed by atoms with van der Waals surface area (Å²) < 4.78 is 6.30. The summed E-state index contributed by atoms with van der Waals surface area (Å²) in [4.78, 5) is 14.2. The normalized spacial score (nSPS) is 18.0.